The SMILES string of the molecule is c1n[nH]c(CC2CCCNC2)c1C1CCCCC1. The van der Waals surface area contributed by atoms with Crippen molar-refractivity contribution in [3.8, 4) is 0 Å². The molecule has 100 valence electrons. The highest BCUT2D eigenvalue weighted by atomic mass is 15.1. The Labute approximate surface area is 110 Å². The first-order valence-corrected chi connectivity index (χ1v) is 7.66. The van der Waals surface area contributed by atoms with Gasteiger partial charge in [-0.3, -0.25) is 5.10 Å². The lowest BCUT2D eigenvalue weighted by Crippen LogP contribution is -2.31. The quantitative estimate of drug-likeness (QED) is 0.862. The van der Waals surface area contributed by atoms with Crippen LogP contribution in [0.5, 0.6) is 0 Å². The predicted octanol–water partition coefficient (Wildman–Crippen LogP) is 3.00. The molecule has 2 fully saturated rings. The molecule has 0 radical (unpaired) electrons. The van der Waals surface area contributed by atoms with Gasteiger partial charge in [0.15, 0.2) is 0 Å². The molecular weight excluding hydrogens is 222 g/mol. The fourth-order valence-electron chi connectivity index (χ4n) is 3.64. The number of aromatic nitrogens is 2. The van der Waals surface area contributed by atoms with Gasteiger partial charge in [0.2, 0.25) is 0 Å². The maximum Gasteiger partial charge on any atom is 0.0524 e. The van der Waals surface area contributed by atoms with Gasteiger partial charge in [-0.15, -0.1) is 0 Å². The molecule has 3 rings (SSSR count). The van der Waals surface area contributed by atoms with Crippen molar-refractivity contribution in [1.82, 2.24) is 15.5 Å². The van der Waals surface area contributed by atoms with Crippen LogP contribution in [-0.4, -0.2) is 23.3 Å². The van der Waals surface area contributed by atoms with Crippen LogP contribution in [0.25, 0.3) is 0 Å². The number of piperidine rings is 1. The lowest BCUT2D eigenvalue weighted by Gasteiger charge is -2.25. The van der Waals surface area contributed by atoms with Crippen LogP contribution in [0.1, 0.15) is 62.1 Å². The lowest BCUT2D eigenvalue weighted by atomic mass is 9.82. The van der Waals surface area contributed by atoms with E-state index >= 15 is 0 Å². The van der Waals surface area contributed by atoms with E-state index in [0.717, 1.165) is 11.8 Å². The summed E-state index contributed by atoms with van der Waals surface area (Å²) < 4.78 is 0. The van der Waals surface area contributed by atoms with E-state index in [1.165, 1.54) is 75.7 Å². The van der Waals surface area contributed by atoms with Crippen LogP contribution in [-0.2, 0) is 6.42 Å². The van der Waals surface area contributed by atoms with Crippen LogP contribution in [0.2, 0.25) is 0 Å². The molecule has 2 aliphatic rings. The summed E-state index contributed by atoms with van der Waals surface area (Å²) >= 11 is 0. The van der Waals surface area contributed by atoms with E-state index < -0.39 is 0 Å². The molecule has 1 saturated heterocycles. The van der Waals surface area contributed by atoms with Gasteiger partial charge < -0.3 is 5.32 Å². The Morgan fingerprint density at radius 1 is 1.11 bits per heavy atom. The van der Waals surface area contributed by atoms with Crippen molar-refractivity contribution >= 4 is 0 Å². The van der Waals surface area contributed by atoms with Crippen LogP contribution in [0.15, 0.2) is 6.20 Å². The molecule has 3 nitrogen and oxygen atoms in total. The van der Waals surface area contributed by atoms with E-state index in [1.807, 2.05) is 0 Å². The summed E-state index contributed by atoms with van der Waals surface area (Å²) in [6.45, 7) is 2.39. The Balaban J connectivity index is 1.66. The van der Waals surface area contributed by atoms with Crippen LogP contribution in [0, 0.1) is 5.92 Å². The highest BCUT2D eigenvalue weighted by Gasteiger charge is 2.22. The van der Waals surface area contributed by atoms with Gasteiger partial charge in [0, 0.05) is 5.69 Å². The summed E-state index contributed by atoms with van der Waals surface area (Å²) in [5.74, 6) is 1.59. The van der Waals surface area contributed by atoms with Crippen LogP contribution in [0.3, 0.4) is 0 Å². The number of hydrogen-bond acceptors (Lipinski definition) is 2. The van der Waals surface area contributed by atoms with Gasteiger partial charge in [0.1, 0.15) is 0 Å². The van der Waals surface area contributed by atoms with E-state index in [1.54, 1.807) is 0 Å². The van der Waals surface area contributed by atoms with Crippen molar-refractivity contribution in [3.05, 3.63) is 17.5 Å². The molecule has 1 saturated carbocycles. The van der Waals surface area contributed by atoms with Crippen LogP contribution in [0.4, 0.5) is 0 Å². The molecule has 1 unspecified atom stereocenters. The molecule has 18 heavy (non-hydrogen) atoms. The zero-order valence-electron chi connectivity index (χ0n) is 11.3. The number of H-pyrrole nitrogens is 1. The van der Waals surface area contributed by atoms with Crippen molar-refractivity contribution in [2.45, 2.75) is 57.3 Å². The van der Waals surface area contributed by atoms with E-state index in [9.17, 15) is 0 Å². The first-order chi connectivity index (χ1) is 8.93. The van der Waals surface area contributed by atoms with Gasteiger partial charge in [0.25, 0.3) is 0 Å². The highest BCUT2D eigenvalue weighted by Crippen LogP contribution is 2.34. The Bertz CT molecular complexity index is 360. The third-order valence-electron chi connectivity index (χ3n) is 4.69. The summed E-state index contributed by atoms with van der Waals surface area (Å²) in [5, 5.41) is 11.1. The number of hydrogen-bond donors (Lipinski definition) is 2. The third-order valence-corrected chi connectivity index (χ3v) is 4.69. The van der Waals surface area contributed by atoms with E-state index in [4.69, 9.17) is 0 Å². The number of nitrogens with one attached hydrogen (secondary N) is 2. The molecule has 0 spiro atoms. The van der Waals surface area contributed by atoms with Gasteiger partial charge in [-0.25, -0.2) is 0 Å². The minimum Gasteiger partial charge on any atom is -0.316 e. The average molecular weight is 247 g/mol. The Kier molecular flexibility index (Phi) is 3.99. The molecule has 1 aromatic rings. The average Bonchev–Trinajstić information content (AvgIpc) is 2.89. The topological polar surface area (TPSA) is 40.7 Å². The van der Waals surface area contributed by atoms with Crippen molar-refractivity contribution in [2.24, 2.45) is 5.92 Å². The summed E-state index contributed by atoms with van der Waals surface area (Å²) in [4.78, 5) is 0. The third kappa shape index (κ3) is 2.77. The second-order valence-corrected chi connectivity index (χ2v) is 6.06. The maximum atomic E-state index is 4.32. The molecule has 3 heteroatoms. The highest BCUT2D eigenvalue weighted by molar-refractivity contribution is 5.22. The van der Waals surface area contributed by atoms with Crippen LogP contribution < -0.4 is 5.32 Å². The van der Waals surface area contributed by atoms with Crippen molar-refractivity contribution in [3.63, 3.8) is 0 Å². The molecule has 2 N–H and O–H groups in total. The minimum absolute atomic E-state index is 0.782. The second-order valence-electron chi connectivity index (χ2n) is 6.06. The van der Waals surface area contributed by atoms with Gasteiger partial charge in [-0.05, 0) is 62.6 Å². The molecule has 0 amide bonds. The first-order valence-electron chi connectivity index (χ1n) is 7.66. The molecule has 0 bridgehead atoms. The van der Waals surface area contributed by atoms with E-state index in [-0.39, 0.29) is 0 Å². The maximum absolute atomic E-state index is 4.32. The molecule has 1 atom stereocenters. The van der Waals surface area contributed by atoms with Crippen molar-refractivity contribution < 1.29 is 0 Å². The Hall–Kier alpha value is -0.830. The summed E-state index contributed by atoms with van der Waals surface area (Å²) in [5.41, 5.74) is 2.95. The summed E-state index contributed by atoms with van der Waals surface area (Å²) in [6.07, 6.45) is 13.0. The largest absolute Gasteiger partial charge is 0.316 e. The molecule has 1 aromatic heterocycles. The summed E-state index contributed by atoms with van der Waals surface area (Å²) in [7, 11) is 0. The fraction of sp³-hybridized carbons (Fsp3) is 0.800. The van der Waals surface area contributed by atoms with Crippen molar-refractivity contribution in [2.75, 3.05) is 13.1 Å². The molecule has 0 aromatic carbocycles. The monoisotopic (exact) mass is 247 g/mol. The van der Waals surface area contributed by atoms with Gasteiger partial charge in [0.05, 0.1) is 6.20 Å². The van der Waals surface area contributed by atoms with E-state index in [0.29, 0.717) is 0 Å². The molecular formula is C15H25N3. The van der Waals surface area contributed by atoms with Crippen LogP contribution >= 0.6 is 0 Å². The number of nitrogens with zero attached hydrogens (tertiary/aromatic N) is 1. The molecule has 1 aliphatic heterocycles. The second kappa shape index (κ2) is 5.87. The van der Waals surface area contributed by atoms with Crippen molar-refractivity contribution in [1.29, 1.82) is 0 Å². The zero-order valence-corrected chi connectivity index (χ0v) is 11.3. The first kappa shape index (κ1) is 12.2. The molecule has 2 heterocycles. The van der Waals surface area contributed by atoms with Gasteiger partial charge >= 0.3 is 0 Å². The fourth-order valence-corrected chi connectivity index (χ4v) is 3.64. The number of aromatic amines is 1. The number of rotatable bonds is 3. The smallest absolute Gasteiger partial charge is 0.0524 e. The zero-order chi connectivity index (χ0) is 12.2. The molecule has 1 aliphatic carbocycles. The minimum atomic E-state index is 0.782. The predicted molar refractivity (Wildman–Crippen MR) is 73.7 cm³/mol. The standard InChI is InChI=1S/C15H25N3/c1-2-6-13(7-3-1)14-11-17-18-15(14)9-12-5-4-8-16-10-12/h11-13,16H,1-10H2,(H,17,18). The normalized spacial score (nSPS) is 26.3. The lowest BCUT2D eigenvalue weighted by molar-refractivity contribution is 0.370. The van der Waals surface area contributed by atoms with Gasteiger partial charge in [-0.1, -0.05) is 19.3 Å². The van der Waals surface area contributed by atoms with E-state index in [2.05, 4.69) is 21.7 Å². The summed E-state index contributed by atoms with van der Waals surface area (Å²) in [6, 6.07) is 0. The van der Waals surface area contributed by atoms with Gasteiger partial charge in [-0.2, -0.15) is 5.10 Å². The Morgan fingerprint density at radius 2 is 2.00 bits per heavy atom. The Morgan fingerprint density at radius 3 is 2.78 bits per heavy atom.